The molecule has 0 spiro atoms. The fourth-order valence-corrected chi connectivity index (χ4v) is 4.34. The Morgan fingerprint density at radius 3 is 2.60 bits per heavy atom. The lowest BCUT2D eigenvalue weighted by Gasteiger charge is -2.40. The number of ether oxygens (including phenoxy) is 1. The number of likely N-dealkylation sites (N-methyl/N-ethyl adjacent to an activating group) is 1. The Labute approximate surface area is 151 Å². The Morgan fingerprint density at radius 2 is 1.80 bits per heavy atom. The van der Waals surface area contributed by atoms with E-state index in [0.29, 0.717) is 6.04 Å². The van der Waals surface area contributed by atoms with E-state index in [1.54, 1.807) is 12.7 Å². The second kappa shape index (κ2) is 7.19. The summed E-state index contributed by atoms with van der Waals surface area (Å²) >= 11 is 0. The molecule has 2 aromatic rings. The molecule has 0 N–H and O–H groups in total. The van der Waals surface area contributed by atoms with Gasteiger partial charge in [-0.05, 0) is 55.1 Å². The summed E-state index contributed by atoms with van der Waals surface area (Å²) in [5.74, 6) is 0.953. The van der Waals surface area contributed by atoms with E-state index in [1.807, 2.05) is 12.1 Å². The van der Waals surface area contributed by atoms with Crippen molar-refractivity contribution in [2.45, 2.75) is 25.3 Å². The third kappa shape index (κ3) is 3.31. The number of fused-ring (bicyclic) bond motifs is 1. The molecule has 4 rings (SSSR count). The number of hydrogen-bond donors (Lipinski definition) is 0. The van der Waals surface area contributed by atoms with Crippen LogP contribution in [0.2, 0.25) is 0 Å². The van der Waals surface area contributed by atoms with Gasteiger partial charge in [-0.3, -0.25) is 4.90 Å². The molecule has 1 fully saturated rings. The van der Waals surface area contributed by atoms with Gasteiger partial charge in [0.2, 0.25) is 0 Å². The largest absolute Gasteiger partial charge is 0.496 e. The number of nitrogens with zero attached hydrogens (tertiary/aromatic N) is 2. The van der Waals surface area contributed by atoms with Crippen LogP contribution in [0.5, 0.6) is 5.75 Å². The monoisotopic (exact) mass is 336 g/mol. The van der Waals surface area contributed by atoms with Crippen molar-refractivity contribution in [1.29, 1.82) is 0 Å². The summed E-state index contributed by atoms with van der Waals surface area (Å²) in [5, 5.41) is 0. The van der Waals surface area contributed by atoms with Gasteiger partial charge in [0.15, 0.2) is 0 Å². The lowest BCUT2D eigenvalue weighted by atomic mass is 9.84. The van der Waals surface area contributed by atoms with E-state index in [9.17, 15) is 0 Å². The highest BCUT2D eigenvalue weighted by atomic mass is 16.5. The average molecular weight is 336 g/mol. The number of methoxy groups -OCH3 is 1. The lowest BCUT2D eigenvalue weighted by molar-refractivity contribution is 0.102. The zero-order valence-corrected chi connectivity index (χ0v) is 15.4. The maximum atomic E-state index is 5.58. The minimum atomic E-state index is 0.576. The molecule has 0 amide bonds. The van der Waals surface area contributed by atoms with Crippen LogP contribution < -0.4 is 4.74 Å². The second-order valence-electron chi connectivity index (χ2n) is 7.36. The van der Waals surface area contributed by atoms with E-state index in [-0.39, 0.29) is 0 Å². The molecule has 132 valence electrons. The first-order chi connectivity index (χ1) is 12.3. The predicted molar refractivity (Wildman–Crippen MR) is 103 cm³/mol. The highest BCUT2D eigenvalue weighted by Crippen LogP contribution is 2.38. The summed E-state index contributed by atoms with van der Waals surface area (Å²) in [5.41, 5.74) is 5.54. The van der Waals surface area contributed by atoms with Gasteiger partial charge < -0.3 is 9.64 Å². The molecule has 0 radical (unpaired) electrons. The number of benzene rings is 2. The van der Waals surface area contributed by atoms with Gasteiger partial charge in [-0.1, -0.05) is 30.3 Å². The highest BCUT2D eigenvalue weighted by molar-refractivity contribution is 5.71. The van der Waals surface area contributed by atoms with E-state index in [2.05, 4.69) is 47.2 Å². The van der Waals surface area contributed by atoms with Crippen molar-refractivity contribution < 1.29 is 4.74 Å². The zero-order chi connectivity index (χ0) is 17.2. The molecule has 3 nitrogen and oxygen atoms in total. The minimum Gasteiger partial charge on any atom is -0.496 e. The van der Waals surface area contributed by atoms with E-state index in [4.69, 9.17) is 4.74 Å². The van der Waals surface area contributed by atoms with Gasteiger partial charge in [-0.25, -0.2) is 0 Å². The minimum absolute atomic E-state index is 0.576. The Kier molecular flexibility index (Phi) is 4.78. The van der Waals surface area contributed by atoms with Crippen LogP contribution >= 0.6 is 0 Å². The van der Waals surface area contributed by atoms with Crippen molar-refractivity contribution in [2.24, 2.45) is 0 Å². The Bertz CT molecular complexity index is 735. The third-order valence-corrected chi connectivity index (χ3v) is 5.83. The van der Waals surface area contributed by atoms with Crippen LogP contribution in [0.4, 0.5) is 0 Å². The molecule has 0 saturated carbocycles. The molecule has 0 aromatic heterocycles. The molecule has 0 bridgehead atoms. The standard InChI is InChI=1S/C22H28N2O/c1-23-12-14-24(15-13-23)21-8-5-6-17-10-11-18(16-20(17)21)19-7-3-4-9-22(19)25-2/h3-4,7,9-11,16,21H,5-6,8,12-15H2,1-2H3. The highest BCUT2D eigenvalue weighted by Gasteiger charge is 2.28. The molecule has 1 aliphatic carbocycles. The summed E-state index contributed by atoms with van der Waals surface area (Å²) < 4.78 is 5.58. The zero-order valence-electron chi connectivity index (χ0n) is 15.4. The van der Waals surface area contributed by atoms with Crippen molar-refractivity contribution in [3.05, 3.63) is 53.6 Å². The van der Waals surface area contributed by atoms with Crippen molar-refractivity contribution in [3.8, 4) is 16.9 Å². The van der Waals surface area contributed by atoms with Crippen LogP contribution in [0.15, 0.2) is 42.5 Å². The Hall–Kier alpha value is -1.84. The van der Waals surface area contributed by atoms with Crippen LogP contribution in [0.25, 0.3) is 11.1 Å². The molecule has 3 heteroatoms. The fourth-order valence-electron chi connectivity index (χ4n) is 4.34. The molecule has 25 heavy (non-hydrogen) atoms. The van der Waals surface area contributed by atoms with Crippen LogP contribution in [-0.4, -0.2) is 50.1 Å². The summed E-state index contributed by atoms with van der Waals surface area (Å²) in [7, 11) is 3.98. The molecule has 2 aromatic carbocycles. The molecule has 1 atom stereocenters. The third-order valence-electron chi connectivity index (χ3n) is 5.83. The SMILES string of the molecule is COc1ccccc1-c1ccc2c(c1)C(N1CCN(C)CC1)CCC2. The molecular formula is C22H28N2O. The maximum absolute atomic E-state index is 5.58. The van der Waals surface area contributed by atoms with Gasteiger partial charge in [-0.15, -0.1) is 0 Å². The summed E-state index contributed by atoms with van der Waals surface area (Å²) in [6, 6.07) is 16.0. The van der Waals surface area contributed by atoms with Crippen molar-refractivity contribution in [1.82, 2.24) is 9.80 Å². The Balaban J connectivity index is 1.69. The van der Waals surface area contributed by atoms with Crippen LogP contribution in [-0.2, 0) is 6.42 Å². The number of piperazine rings is 1. The van der Waals surface area contributed by atoms with E-state index in [0.717, 1.165) is 5.75 Å². The van der Waals surface area contributed by atoms with E-state index >= 15 is 0 Å². The van der Waals surface area contributed by atoms with E-state index < -0.39 is 0 Å². The first kappa shape index (κ1) is 16.6. The molecule has 1 aliphatic heterocycles. The first-order valence-corrected chi connectivity index (χ1v) is 9.45. The normalized spacial score (nSPS) is 21.8. The molecule has 2 aliphatic rings. The lowest BCUT2D eigenvalue weighted by Crippen LogP contribution is -2.46. The van der Waals surface area contributed by atoms with Gasteiger partial charge in [0, 0.05) is 37.8 Å². The molecule has 1 saturated heterocycles. The smallest absolute Gasteiger partial charge is 0.126 e. The van der Waals surface area contributed by atoms with Gasteiger partial charge in [0.05, 0.1) is 7.11 Å². The quantitative estimate of drug-likeness (QED) is 0.843. The van der Waals surface area contributed by atoms with Gasteiger partial charge in [0.25, 0.3) is 0 Å². The van der Waals surface area contributed by atoms with Crippen molar-refractivity contribution in [3.63, 3.8) is 0 Å². The second-order valence-corrected chi connectivity index (χ2v) is 7.36. The number of aryl methyl sites for hydroxylation is 1. The van der Waals surface area contributed by atoms with Gasteiger partial charge in [-0.2, -0.15) is 0 Å². The predicted octanol–water partition coefficient (Wildman–Crippen LogP) is 3.99. The Morgan fingerprint density at radius 1 is 1.00 bits per heavy atom. The molecule has 1 unspecified atom stereocenters. The summed E-state index contributed by atoms with van der Waals surface area (Å²) in [6.45, 7) is 4.72. The number of hydrogen-bond acceptors (Lipinski definition) is 3. The number of rotatable bonds is 3. The molecule has 1 heterocycles. The van der Waals surface area contributed by atoms with E-state index in [1.165, 1.54) is 62.1 Å². The van der Waals surface area contributed by atoms with Crippen LogP contribution in [0, 0.1) is 0 Å². The van der Waals surface area contributed by atoms with Crippen LogP contribution in [0.3, 0.4) is 0 Å². The van der Waals surface area contributed by atoms with Gasteiger partial charge in [0.1, 0.15) is 5.75 Å². The summed E-state index contributed by atoms with van der Waals surface area (Å²) in [6.07, 6.45) is 3.80. The maximum Gasteiger partial charge on any atom is 0.126 e. The average Bonchev–Trinajstić information content (AvgIpc) is 2.68. The fraction of sp³-hybridized carbons (Fsp3) is 0.455. The van der Waals surface area contributed by atoms with Crippen LogP contribution in [0.1, 0.15) is 30.0 Å². The molecular weight excluding hydrogens is 308 g/mol. The van der Waals surface area contributed by atoms with Gasteiger partial charge >= 0.3 is 0 Å². The number of para-hydroxylation sites is 1. The van der Waals surface area contributed by atoms with Crippen molar-refractivity contribution in [2.75, 3.05) is 40.3 Å². The summed E-state index contributed by atoms with van der Waals surface area (Å²) in [4.78, 5) is 5.13. The first-order valence-electron chi connectivity index (χ1n) is 9.45. The topological polar surface area (TPSA) is 15.7 Å². The van der Waals surface area contributed by atoms with Crippen molar-refractivity contribution >= 4 is 0 Å².